The first-order valence-corrected chi connectivity index (χ1v) is 22.3. The van der Waals surface area contributed by atoms with Crippen LogP contribution >= 0.6 is 34.0 Å². The van der Waals surface area contributed by atoms with Crippen molar-refractivity contribution in [3.8, 4) is 22.3 Å². The Labute approximate surface area is 351 Å². The van der Waals surface area contributed by atoms with Crippen LogP contribution < -0.4 is 4.90 Å². The van der Waals surface area contributed by atoms with Crippen LogP contribution in [0.4, 0.5) is 17.1 Å². The number of furan rings is 1. The lowest BCUT2D eigenvalue weighted by atomic mass is 9.98. The molecule has 13 rings (SSSR count). The third kappa shape index (κ3) is 5.02. The van der Waals surface area contributed by atoms with Crippen LogP contribution in [0.15, 0.2) is 192 Å². The summed E-state index contributed by atoms with van der Waals surface area (Å²) >= 11 is 5.67. The molecule has 0 saturated heterocycles. The maximum absolute atomic E-state index is 6.45. The predicted molar refractivity (Wildman–Crippen MR) is 258 cm³/mol. The number of anilines is 3. The molecule has 0 atom stereocenters. The van der Waals surface area contributed by atoms with Gasteiger partial charge in [0.25, 0.3) is 0 Å². The van der Waals surface area contributed by atoms with Gasteiger partial charge in [0.2, 0.25) is 0 Å². The van der Waals surface area contributed by atoms with Crippen LogP contribution in [0.2, 0.25) is 0 Å². The van der Waals surface area contributed by atoms with E-state index >= 15 is 0 Å². The Balaban J connectivity index is 0.970. The highest BCUT2D eigenvalue weighted by Gasteiger charge is 2.21. The summed E-state index contributed by atoms with van der Waals surface area (Å²) in [5.41, 5.74) is 9.91. The van der Waals surface area contributed by atoms with Crippen molar-refractivity contribution in [3.05, 3.63) is 188 Å². The van der Waals surface area contributed by atoms with Crippen molar-refractivity contribution >= 4 is 134 Å². The van der Waals surface area contributed by atoms with E-state index in [4.69, 9.17) is 4.42 Å². The summed E-state index contributed by atoms with van der Waals surface area (Å²) in [7, 11) is 0. The Bertz CT molecular complexity index is 3790. The fourth-order valence-electron chi connectivity index (χ4n) is 9.22. The van der Waals surface area contributed by atoms with Crippen molar-refractivity contribution in [2.24, 2.45) is 0 Å². The summed E-state index contributed by atoms with van der Waals surface area (Å²) in [6, 6.07) is 68.7. The third-order valence-corrected chi connectivity index (χ3v) is 15.4. The van der Waals surface area contributed by atoms with Gasteiger partial charge in [-0.2, -0.15) is 0 Å². The smallest absolute Gasteiger partial charge is 0.143 e. The van der Waals surface area contributed by atoms with Crippen LogP contribution in [0.1, 0.15) is 0 Å². The van der Waals surface area contributed by atoms with Crippen molar-refractivity contribution < 1.29 is 4.42 Å². The first kappa shape index (κ1) is 33.2. The maximum atomic E-state index is 6.45. The molecule has 4 aromatic heterocycles. The first-order valence-electron chi connectivity index (χ1n) is 19.8. The van der Waals surface area contributed by atoms with Gasteiger partial charge >= 0.3 is 0 Å². The van der Waals surface area contributed by atoms with Gasteiger partial charge in [0.15, 0.2) is 0 Å². The van der Waals surface area contributed by atoms with Gasteiger partial charge in [0, 0.05) is 83.5 Å². The fourth-order valence-corrected chi connectivity index (χ4v) is 12.9. The van der Waals surface area contributed by atoms with Crippen LogP contribution in [0.5, 0.6) is 0 Å². The van der Waals surface area contributed by atoms with Crippen LogP contribution in [-0.4, -0.2) is 0 Å². The van der Waals surface area contributed by atoms with E-state index in [1.807, 2.05) is 46.1 Å². The molecule has 13 aromatic rings. The maximum Gasteiger partial charge on any atom is 0.143 e. The van der Waals surface area contributed by atoms with Crippen LogP contribution in [-0.2, 0) is 0 Å². The lowest BCUT2D eigenvalue weighted by molar-refractivity contribution is 0.670. The lowest BCUT2D eigenvalue weighted by Crippen LogP contribution is -2.10. The van der Waals surface area contributed by atoms with Crippen LogP contribution in [0.25, 0.3) is 105 Å². The van der Waals surface area contributed by atoms with Crippen molar-refractivity contribution in [2.75, 3.05) is 4.90 Å². The van der Waals surface area contributed by atoms with E-state index in [1.165, 1.54) is 77.3 Å². The Kier molecular flexibility index (Phi) is 7.25. The molecule has 59 heavy (non-hydrogen) atoms. The third-order valence-electron chi connectivity index (χ3n) is 11.9. The minimum atomic E-state index is 0.911. The van der Waals surface area contributed by atoms with Gasteiger partial charge in [-0.1, -0.05) is 127 Å². The number of fused-ring (bicyclic) bond motifs is 13. The second-order valence-electron chi connectivity index (χ2n) is 15.2. The second kappa shape index (κ2) is 12.9. The van der Waals surface area contributed by atoms with Gasteiger partial charge in [0.05, 0.1) is 10.4 Å². The van der Waals surface area contributed by atoms with Gasteiger partial charge in [-0.15, -0.1) is 34.0 Å². The Hall–Kier alpha value is -6.76. The number of para-hydroxylation sites is 2. The molecule has 2 nitrogen and oxygen atoms in total. The minimum absolute atomic E-state index is 0.911. The van der Waals surface area contributed by atoms with Gasteiger partial charge in [-0.05, 0) is 77.4 Å². The fraction of sp³-hybridized carbons (Fsp3) is 0. The van der Waals surface area contributed by atoms with E-state index in [1.54, 1.807) is 0 Å². The molecule has 5 heteroatoms. The van der Waals surface area contributed by atoms with Crippen molar-refractivity contribution in [1.82, 2.24) is 0 Å². The minimum Gasteiger partial charge on any atom is -0.455 e. The van der Waals surface area contributed by atoms with E-state index in [9.17, 15) is 0 Å². The topological polar surface area (TPSA) is 16.4 Å². The van der Waals surface area contributed by atoms with E-state index in [0.29, 0.717) is 0 Å². The van der Waals surface area contributed by atoms with E-state index in [0.717, 1.165) is 44.4 Å². The van der Waals surface area contributed by atoms with E-state index in [-0.39, 0.29) is 0 Å². The highest BCUT2D eigenvalue weighted by atomic mass is 32.1. The van der Waals surface area contributed by atoms with Crippen molar-refractivity contribution in [2.45, 2.75) is 0 Å². The molecule has 276 valence electrons. The number of benzene rings is 9. The molecule has 0 fully saturated rings. The van der Waals surface area contributed by atoms with E-state index < -0.39 is 0 Å². The number of hydrogen-bond donors (Lipinski definition) is 0. The summed E-state index contributed by atoms with van der Waals surface area (Å²) in [6.07, 6.45) is 0. The molecule has 0 aliphatic carbocycles. The van der Waals surface area contributed by atoms with Gasteiger partial charge < -0.3 is 9.32 Å². The molecule has 0 saturated carbocycles. The monoisotopic (exact) mass is 805 g/mol. The molecule has 0 spiro atoms. The van der Waals surface area contributed by atoms with Crippen molar-refractivity contribution in [3.63, 3.8) is 0 Å². The van der Waals surface area contributed by atoms with E-state index in [2.05, 4.69) is 181 Å². The van der Waals surface area contributed by atoms with Crippen LogP contribution in [0.3, 0.4) is 0 Å². The van der Waals surface area contributed by atoms with Gasteiger partial charge in [-0.25, -0.2) is 0 Å². The van der Waals surface area contributed by atoms with Crippen molar-refractivity contribution in [1.29, 1.82) is 0 Å². The number of nitrogens with zero attached hydrogens (tertiary/aromatic N) is 1. The summed E-state index contributed by atoms with van der Waals surface area (Å²) in [6.45, 7) is 0. The molecule has 0 aliphatic rings. The normalized spacial score (nSPS) is 12.1. The number of thiophene rings is 3. The molecule has 9 aromatic carbocycles. The first-order chi connectivity index (χ1) is 29.2. The van der Waals surface area contributed by atoms with Gasteiger partial charge in [-0.3, -0.25) is 0 Å². The molecule has 0 amide bonds. The summed E-state index contributed by atoms with van der Waals surface area (Å²) in [4.78, 5) is 2.42. The largest absolute Gasteiger partial charge is 0.455 e. The average Bonchev–Trinajstić information content (AvgIpc) is 4.07. The molecule has 0 N–H and O–H groups in total. The zero-order chi connectivity index (χ0) is 38.6. The standard InChI is InChI=1S/C54H31NOS3/c1-4-18-45-38(10-1)41-15-7-14-37(52(41)56-45)33-24-28-35(29-25-33)55(44-17-8-16-42-39-11-2-5-19-46(39)58-53(42)44)34-26-22-32(23-27-34)36-13-9-21-48-50(36)51-49(57-48)31-30-43-40-12-3-6-20-47(40)59-54(43)51/h1-31H. The lowest BCUT2D eigenvalue weighted by Gasteiger charge is -2.26. The molecule has 0 radical (unpaired) electrons. The second-order valence-corrected chi connectivity index (χ2v) is 18.3. The Morgan fingerprint density at radius 2 is 0.881 bits per heavy atom. The molecule has 0 bridgehead atoms. The molecular weight excluding hydrogens is 775 g/mol. The molecule has 0 aliphatic heterocycles. The quantitative estimate of drug-likeness (QED) is 0.172. The number of hydrogen-bond acceptors (Lipinski definition) is 5. The molecule has 0 unspecified atom stereocenters. The van der Waals surface area contributed by atoms with Gasteiger partial charge in [0.1, 0.15) is 11.2 Å². The summed E-state index contributed by atoms with van der Waals surface area (Å²) in [5.74, 6) is 0. The molecular formula is C54H31NOS3. The Morgan fingerprint density at radius 3 is 1.64 bits per heavy atom. The SMILES string of the molecule is c1ccc2c(c1)oc1c(-c3ccc(N(c4ccc(-c5cccc6sc7ccc8c9ccccc9sc8c7c56)cc4)c4cccc5c4sc4ccccc45)cc3)cccc12. The zero-order valence-electron chi connectivity index (χ0n) is 31.5. The van der Waals surface area contributed by atoms with Crippen LogP contribution in [0, 0.1) is 0 Å². The summed E-state index contributed by atoms with van der Waals surface area (Å²) in [5, 5.41) is 10.3. The Morgan fingerprint density at radius 1 is 0.339 bits per heavy atom. The molecule has 4 heterocycles. The predicted octanol–water partition coefficient (Wildman–Crippen LogP) is 17.5. The zero-order valence-corrected chi connectivity index (χ0v) is 33.9. The summed E-state index contributed by atoms with van der Waals surface area (Å²) < 4.78 is 14.4. The number of rotatable bonds is 5. The average molecular weight is 806 g/mol. The highest BCUT2D eigenvalue weighted by molar-refractivity contribution is 7.30. The highest BCUT2D eigenvalue weighted by Crippen LogP contribution is 2.49.